The van der Waals surface area contributed by atoms with Crippen molar-refractivity contribution in [2.45, 2.75) is 0 Å². The Balaban J connectivity index is 2.58. The molecular formula is C11H9N3O2. The molecule has 1 N–H and O–H groups in total. The lowest BCUT2D eigenvalue weighted by Crippen LogP contribution is -1.93. The van der Waals surface area contributed by atoms with Crippen LogP contribution >= 0.6 is 0 Å². The van der Waals surface area contributed by atoms with E-state index >= 15 is 0 Å². The van der Waals surface area contributed by atoms with E-state index in [0.29, 0.717) is 11.4 Å². The highest BCUT2D eigenvalue weighted by Gasteiger charge is 2.10. The standard InChI is InChI=1S/C11H9N3O2/c1-14-11(10(6-13-14)12-7-15)8-2-4-9(16)5-3-8/h2-6,16H,1H3. The Bertz CT molecular complexity index is 551. The molecule has 0 aliphatic rings. The van der Waals surface area contributed by atoms with E-state index < -0.39 is 0 Å². The lowest BCUT2D eigenvalue weighted by Gasteiger charge is -2.03. The van der Waals surface area contributed by atoms with Gasteiger partial charge < -0.3 is 5.11 Å². The number of aromatic hydroxyl groups is 1. The van der Waals surface area contributed by atoms with Gasteiger partial charge in [-0.05, 0) is 24.3 Å². The highest BCUT2D eigenvalue weighted by atomic mass is 16.3. The smallest absolute Gasteiger partial charge is 0.240 e. The Hall–Kier alpha value is -2.39. The second kappa shape index (κ2) is 4.00. The van der Waals surface area contributed by atoms with E-state index in [1.807, 2.05) is 0 Å². The zero-order chi connectivity index (χ0) is 11.5. The van der Waals surface area contributed by atoms with Crippen LogP contribution in [-0.4, -0.2) is 21.0 Å². The zero-order valence-electron chi connectivity index (χ0n) is 8.58. The average molecular weight is 215 g/mol. The number of rotatable bonds is 2. The zero-order valence-corrected chi connectivity index (χ0v) is 8.58. The first kappa shape index (κ1) is 10.1. The van der Waals surface area contributed by atoms with Crippen LogP contribution in [0.15, 0.2) is 35.5 Å². The van der Waals surface area contributed by atoms with Gasteiger partial charge in [-0.3, -0.25) is 4.68 Å². The molecule has 2 rings (SSSR count). The molecule has 0 radical (unpaired) electrons. The first-order valence-electron chi connectivity index (χ1n) is 4.61. The molecule has 5 nitrogen and oxygen atoms in total. The monoisotopic (exact) mass is 215 g/mol. The largest absolute Gasteiger partial charge is 0.508 e. The molecule has 0 saturated heterocycles. The summed E-state index contributed by atoms with van der Waals surface area (Å²) in [6.45, 7) is 0. The van der Waals surface area contributed by atoms with E-state index in [-0.39, 0.29) is 5.75 Å². The number of carbonyl (C=O) groups excluding carboxylic acids is 1. The Kier molecular flexibility index (Phi) is 2.54. The summed E-state index contributed by atoms with van der Waals surface area (Å²) in [5.74, 6) is 0.186. The lowest BCUT2D eigenvalue weighted by atomic mass is 10.1. The molecule has 16 heavy (non-hydrogen) atoms. The van der Waals surface area contributed by atoms with E-state index in [1.54, 1.807) is 36.0 Å². The van der Waals surface area contributed by atoms with Crippen LogP contribution < -0.4 is 0 Å². The fourth-order valence-electron chi connectivity index (χ4n) is 1.51. The second-order valence-electron chi connectivity index (χ2n) is 3.25. The first-order valence-corrected chi connectivity index (χ1v) is 4.61. The SMILES string of the molecule is Cn1ncc(N=C=O)c1-c1ccc(O)cc1. The van der Waals surface area contributed by atoms with Gasteiger partial charge in [0, 0.05) is 12.6 Å². The third-order valence-corrected chi connectivity index (χ3v) is 2.23. The average Bonchev–Trinajstić information content (AvgIpc) is 2.62. The van der Waals surface area contributed by atoms with Crippen molar-refractivity contribution >= 4 is 11.8 Å². The van der Waals surface area contributed by atoms with Gasteiger partial charge in [-0.15, -0.1) is 0 Å². The lowest BCUT2D eigenvalue weighted by molar-refractivity contribution is 0.475. The van der Waals surface area contributed by atoms with Gasteiger partial charge in [0.2, 0.25) is 6.08 Å². The molecule has 5 heteroatoms. The molecule has 1 heterocycles. The number of phenols is 1. The first-order chi connectivity index (χ1) is 7.72. The number of phenolic OH excluding ortho intramolecular Hbond substituents is 1. The third kappa shape index (κ3) is 1.71. The molecule has 0 saturated carbocycles. The molecule has 2 aromatic rings. The van der Waals surface area contributed by atoms with Crippen molar-refractivity contribution in [3.8, 4) is 17.0 Å². The highest BCUT2D eigenvalue weighted by Crippen LogP contribution is 2.30. The summed E-state index contributed by atoms with van der Waals surface area (Å²) in [5.41, 5.74) is 2.00. The molecule has 0 amide bonds. The van der Waals surface area contributed by atoms with Crippen LogP contribution in [0.25, 0.3) is 11.3 Å². The van der Waals surface area contributed by atoms with E-state index in [9.17, 15) is 9.90 Å². The number of benzene rings is 1. The number of aromatic nitrogens is 2. The minimum absolute atomic E-state index is 0.186. The van der Waals surface area contributed by atoms with Crippen LogP contribution in [-0.2, 0) is 11.8 Å². The maximum atomic E-state index is 10.3. The van der Waals surface area contributed by atoms with Crippen molar-refractivity contribution < 1.29 is 9.90 Å². The molecule has 0 aliphatic heterocycles. The molecule has 1 aromatic heterocycles. The number of nitrogens with zero attached hydrogens (tertiary/aromatic N) is 3. The molecular weight excluding hydrogens is 206 g/mol. The number of aryl methyl sites for hydroxylation is 1. The predicted molar refractivity (Wildman–Crippen MR) is 58.1 cm³/mol. The maximum absolute atomic E-state index is 10.3. The van der Waals surface area contributed by atoms with Gasteiger partial charge >= 0.3 is 0 Å². The molecule has 0 bridgehead atoms. The van der Waals surface area contributed by atoms with Crippen molar-refractivity contribution in [1.29, 1.82) is 0 Å². The Morgan fingerprint density at radius 1 is 1.38 bits per heavy atom. The minimum Gasteiger partial charge on any atom is -0.508 e. The summed E-state index contributed by atoms with van der Waals surface area (Å²) in [7, 11) is 1.76. The van der Waals surface area contributed by atoms with Gasteiger partial charge in [-0.1, -0.05) is 0 Å². The molecule has 0 fully saturated rings. The Morgan fingerprint density at radius 2 is 2.06 bits per heavy atom. The molecule has 0 spiro atoms. The van der Waals surface area contributed by atoms with Crippen molar-refractivity contribution in [2.75, 3.05) is 0 Å². The quantitative estimate of drug-likeness (QED) is 0.613. The number of isocyanates is 1. The molecule has 0 unspecified atom stereocenters. The van der Waals surface area contributed by atoms with Crippen molar-refractivity contribution in [2.24, 2.45) is 12.0 Å². The highest BCUT2D eigenvalue weighted by molar-refractivity contribution is 5.74. The normalized spacial score (nSPS) is 9.81. The van der Waals surface area contributed by atoms with E-state index in [2.05, 4.69) is 10.1 Å². The van der Waals surface area contributed by atoms with Crippen molar-refractivity contribution in [3.63, 3.8) is 0 Å². The topological polar surface area (TPSA) is 67.5 Å². The Morgan fingerprint density at radius 3 is 2.69 bits per heavy atom. The van der Waals surface area contributed by atoms with Crippen LogP contribution in [0.1, 0.15) is 0 Å². The van der Waals surface area contributed by atoms with Crippen LogP contribution in [0, 0.1) is 0 Å². The minimum atomic E-state index is 0.186. The molecule has 80 valence electrons. The van der Waals surface area contributed by atoms with E-state index in [1.165, 1.54) is 12.3 Å². The summed E-state index contributed by atoms with van der Waals surface area (Å²) in [6.07, 6.45) is 2.98. The van der Waals surface area contributed by atoms with Crippen LogP contribution in [0.5, 0.6) is 5.75 Å². The van der Waals surface area contributed by atoms with E-state index in [4.69, 9.17) is 0 Å². The van der Waals surface area contributed by atoms with Crippen molar-refractivity contribution in [3.05, 3.63) is 30.5 Å². The van der Waals surface area contributed by atoms with Crippen LogP contribution in [0.2, 0.25) is 0 Å². The molecule has 1 aromatic carbocycles. The summed E-state index contributed by atoms with van der Waals surface area (Å²) < 4.78 is 1.61. The molecule has 0 atom stereocenters. The van der Waals surface area contributed by atoms with Gasteiger partial charge in [0.05, 0.1) is 11.9 Å². The number of hydrogen-bond acceptors (Lipinski definition) is 4. The summed E-state index contributed by atoms with van der Waals surface area (Å²) in [4.78, 5) is 13.8. The van der Waals surface area contributed by atoms with E-state index in [0.717, 1.165) is 5.56 Å². The predicted octanol–water partition coefficient (Wildman–Crippen LogP) is 1.76. The van der Waals surface area contributed by atoms with Gasteiger partial charge in [0.25, 0.3) is 0 Å². The third-order valence-electron chi connectivity index (χ3n) is 2.23. The summed E-state index contributed by atoms with van der Waals surface area (Å²) >= 11 is 0. The number of aliphatic imine (C=N–C) groups is 1. The van der Waals surface area contributed by atoms with Crippen molar-refractivity contribution in [1.82, 2.24) is 9.78 Å². The fourth-order valence-corrected chi connectivity index (χ4v) is 1.51. The Labute approximate surface area is 91.7 Å². The van der Waals surface area contributed by atoms with Crippen LogP contribution in [0.4, 0.5) is 5.69 Å². The van der Waals surface area contributed by atoms with Gasteiger partial charge in [-0.2, -0.15) is 10.1 Å². The van der Waals surface area contributed by atoms with Gasteiger partial charge in [0.15, 0.2) is 0 Å². The summed E-state index contributed by atoms with van der Waals surface area (Å²) in [5, 5.41) is 13.2. The summed E-state index contributed by atoms with van der Waals surface area (Å²) in [6, 6.07) is 6.60. The van der Waals surface area contributed by atoms with Crippen LogP contribution in [0.3, 0.4) is 0 Å². The molecule has 0 aliphatic carbocycles. The van der Waals surface area contributed by atoms with Gasteiger partial charge in [0.1, 0.15) is 11.4 Å². The second-order valence-corrected chi connectivity index (χ2v) is 3.25. The maximum Gasteiger partial charge on any atom is 0.240 e. The fraction of sp³-hybridized carbons (Fsp3) is 0.0909. The van der Waals surface area contributed by atoms with Gasteiger partial charge in [-0.25, -0.2) is 4.79 Å². The number of hydrogen-bond donors (Lipinski definition) is 1.